The molecule has 2 rings (SSSR count). The van der Waals surface area contributed by atoms with E-state index < -0.39 is 0 Å². The van der Waals surface area contributed by atoms with E-state index in [1.165, 1.54) is 0 Å². The molecule has 148 valence electrons. The van der Waals surface area contributed by atoms with Gasteiger partial charge in [-0.3, -0.25) is 0 Å². The van der Waals surface area contributed by atoms with Crippen LogP contribution in [0.2, 0.25) is 0 Å². The van der Waals surface area contributed by atoms with Crippen LogP contribution in [-0.4, -0.2) is 48.5 Å². The average molecular weight is 392 g/mol. The monoisotopic (exact) mass is 391 g/mol. The molecule has 3 N–H and O–H groups in total. The van der Waals surface area contributed by atoms with E-state index in [-0.39, 0.29) is 0 Å². The number of thiocarbonyl (C=S) groups is 1. The third-order valence-electron chi connectivity index (χ3n) is 4.03. The molecular weight excluding hydrogens is 362 g/mol. The number of hydrogen-bond acceptors (Lipinski definition) is 5. The molecule has 0 fully saturated rings. The van der Waals surface area contributed by atoms with Crippen molar-refractivity contribution in [1.29, 1.82) is 0 Å². The highest BCUT2D eigenvalue weighted by Gasteiger charge is 2.07. The highest BCUT2D eigenvalue weighted by molar-refractivity contribution is 7.80. The molecule has 2 aromatic rings. The first-order valence-corrected chi connectivity index (χ1v) is 9.52. The number of hydrogen-bond donors (Lipinski definition) is 3. The quantitative estimate of drug-likeness (QED) is 0.402. The van der Waals surface area contributed by atoms with Crippen LogP contribution in [-0.2, 0) is 6.54 Å². The van der Waals surface area contributed by atoms with Gasteiger partial charge in [0.05, 0.1) is 20.0 Å². The largest absolute Gasteiger partial charge is 0.493 e. The van der Waals surface area contributed by atoms with Crippen LogP contribution in [0.5, 0.6) is 11.5 Å². The fraction of sp³-hybridized carbons (Fsp3) is 0.474. The third kappa shape index (κ3) is 7.07. The Bertz CT molecular complexity index is 720. The molecule has 0 aliphatic heterocycles. The maximum Gasteiger partial charge on any atom is 0.170 e. The van der Waals surface area contributed by atoms with Crippen LogP contribution in [0.25, 0.3) is 0 Å². The number of anilines is 1. The summed E-state index contributed by atoms with van der Waals surface area (Å²) in [4.78, 5) is 4.12. The summed E-state index contributed by atoms with van der Waals surface area (Å²) in [6.45, 7) is 5.28. The van der Waals surface area contributed by atoms with Crippen LogP contribution in [0.3, 0.4) is 0 Å². The molecule has 0 aliphatic carbocycles. The summed E-state index contributed by atoms with van der Waals surface area (Å²) in [6.07, 6.45) is 5.60. The van der Waals surface area contributed by atoms with Gasteiger partial charge in [-0.2, -0.15) is 0 Å². The van der Waals surface area contributed by atoms with E-state index >= 15 is 0 Å². The zero-order valence-corrected chi connectivity index (χ0v) is 17.1. The predicted molar refractivity (Wildman–Crippen MR) is 113 cm³/mol. The highest BCUT2D eigenvalue weighted by Crippen LogP contribution is 2.30. The van der Waals surface area contributed by atoms with Crippen LogP contribution in [0.4, 0.5) is 5.69 Å². The highest BCUT2D eigenvalue weighted by atomic mass is 32.1. The fourth-order valence-electron chi connectivity index (χ4n) is 2.55. The molecular formula is C19H29N5O2S. The summed E-state index contributed by atoms with van der Waals surface area (Å²) >= 11 is 5.38. The molecule has 7 nitrogen and oxygen atoms in total. The summed E-state index contributed by atoms with van der Waals surface area (Å²) in [5, 5.41) is 10.1. The zero-order valence-electron chi connectivity index (χ0n) is 16.2. The standard InChI is InChI=1S/C19H29N5O2S/c1-15-13-21-14-24(15)10-4-9-22-19(27)23-16-6-7-17(25-3)18(12-16)26-11-5-8-20-2/h6-7,12-14,20H,4-5,8-11H2,1-3H3,(H2,22,23,27). The maximum absolute atomic E-state index is 5.83. The number of aromatic nitrogens is 2. The second-order valence-corrected chi connectivity index (χ2v) is 6.54. The molecule has 0 atom stereocenters. The first kappa shape index (κ1) is 21.0. The number of benzene rings is 1. The molecule has 8 heteroatoms. The number of rotatable bonds is 11. The molecule has 0 spiro atoms. The summed E-state index contributed by atoms with van der Waals surface area (Å²) < 4.78 is 13.3. The molecule has 0 saturated heterocycles. The van der Waals surface area contributed by atoms with Gasteiger partial charge in [0.1, 0.15) is 0 Å². The van der Waals surface area contributed by atoms with Crippen molar-refractivity contribution in [3.8, 4) is 11.5 Å². The van der Waals surface area contributed by atoms with E-state index in [4.69, 9.17) is 21.7 Å². The molecule has 0 unspecified atom stereocenters. The Kier molecular flexibility index (Phi) is 8.86. The van der Waals surface area contributed by atoms with Crippen LogP contribution in [0.1, 0.15) is 18.5 Å². The predicted octanol–water partition coefficient (Wildman–Crippen LogP) is 2.57. The zero-order chi connectivity index (χ0) is 19.5. The Balaban J connectivity index is 1.79. The molecule has 1 aromatic heterocycles. The Hall–Kier alpha value is -2.32. The summed E-state index contributed by atoms with van der Waals surface area (Å²) in [6, 6.07) is 5.70. The van der Waals surface area contributed by atoms with Gasteiger partial charge in [0.15, 0.2) is 16.6 Å². The van der Waals surface area contributed by atoms with Crippen molar-refractivity contribution >= 4 is 23.0 Å². The Morgan fingerprint density at radius 2 is 2.07 bits per heavy atom. The van der Waals surface area contributed by atoms with Gasteiger partial charge < -0.3 is 30.0 Å². The molecule has 1 heterocycles. The smallest absolute Gasteiger partial charge is 0.170 e. The lowest BCUT2D eigenvalue weighted by Crippen LogP contribution is -2.29. The number of aryl methyl sites for hydroxylation is 2. The van der Waals surface area contributed by atoms with Crippen LogP contribution < -0.4 is 25.4 Å². The van der Waals surface area contributed by atoms with E-state index in [2.05, 4.69) is 32.4 Å². The van der Waals surface area contributed by atoms with Gasteiger partial charge >= 0.3 is 0 Å². The van der Waals surface area contributed by atoms with Crippen LogP contribution in [0.15, 0.2) is 30.7 Å². The van der Waals surface area contributed by atoms with Crippen LogP contribution in [0, 0.1) is 6.92 Å². The minimum atomic E-state index is 0.587. The van der Waals surface area contributed by atoms with Gasteiger partial charge in [0.25, 0.3) is 0 Å². The molecule has 0 saturated carbocycles. The molecule has 27 heavy (non-hydrogen) atoms. The number of nitrogens with zero attached hydrogens (tertiary/aromatic N) is 2. The number of methoxy groups -OCH3 is 1. The molecule has 0 radical (unpaired) electrons. The lowest BCUT2D eigenvalue weighted by molar-refractivity contribution is 0.289. The van der Waals surface area contributed by atoms with E-state index in [1.54, 1.807) is 7.11 Å². The summed E-state index contributed by atoms with van der Waals surface area (Å²) in [7, 11) is 3.56. The maximum atomic E-state index is 5.83. The van der Waals surface area contributed by atoms with Crippen molar-refractivity contribution in [2.75, 3.05) is 39.2 Å². The topological polar surface area (TPSA) is 72.4 Å². The molecule has 0 bridgehead atoms. The Labute approximate surface area is 166 Å². The van der Waals surface area contributed by atoms with Gasteiger partial charge in [-0.1, -0.05) is 0 Å². The van der Waals surface area contributed by atoms with Crippen molar-refractivity contribution in [2.45, 2.75) is 26.3 Å². The summed E-state index contributed by atoms with van der Waals surface area (Å²) in [5.41, 5.74) is 2.03. The first-order chi connectivity index (χ1) is 13.1. The Morgan fingerprint density at radius 1 is 1.22 bits per heavy atom. The van der Waals surface area contributed by atoms with E-state index in [0.29, 0.717) is 23.2 Å². The van der Waals surface area contributed by atoms with E-state index in [9.17, 15) is 0 Å². The second-order valence-electron chi connectivity index (χ2n) is 6.13. The molecule has 0 aliphatic rings. The first-order valence-electron chi connectivity index (χ1n) is 9.11. The average Bonchev–Trinajstić information content (AvgIpc) is 3.07. The lowest BCUT2D eigenvalue weighted by atomic mass is 10.2. The number of nitrogens with one attached hydrogen (secondary N) is 3. The normalized spacial score (nSPS) is 10.5. The van der Waals surface area contributed by atoms with Gasteiger partial charge in [0.2, 0.25) is 0 Å². The van der Waals surface area contributed by atoms with Crippen molar-refractivity contribution < 1.29 is 9.47 Å². The van der Waals surface area contributed by atoms with Gasteiger partial charge in [-0.05, 0) is 57.7 Å². The molecule has 1 aromatic carbocycles. The number of ether oxygens (including phenoxy) is 2. The van der Waals surface area contributed by atoms with Crippen molar-refractivity contribution in [1.82, 2.24) is 20.2 Å². The SMILES string of the molecule is CNCCCOc1cc(NC(=S)NCCCn2cncc2C)ccc1OC. The van der Waals surface area contributed by atoms with E-state index in [0.717, 1.165) is 43.9 Å². The minimum absolute atomic E-state index is 0.587. The van der Waals surface area contributed by atoms with Gasteiger partial charge in [-0.15, -0.1) is 0 Å². The second kappa shape index (κ2) is 11.4. The third-order valence-corrected chi connectivity index (χ3v) is 4.28. The van der Waals surface area contributed by atoms with Crippen molar-refractivity contribution in [2.24, 2.45) is 0 Å². The Morgan fingerprint density at radius 3 is 2.78 bits per heavy atom. The van der Waals surface area contributed by atoms with Gasteiger partial charge in [0, 0.05) is 36.7 Å². The van der Waals surface area contributed by atoms with Crippen molar-refractivity contribution in [3.63, 3.8) is 0 Å². The lowest BCUT2D eigenvalue weighted by Gasteiger charge is -2.14. The molecule has 0 amide bonds. The van der Waals surface area contributed by atoms with E-state index in [1.807, 2.05) is 37.8 Å². The van der Waals surface area contributed by atoms with Crippen molar-refractivity contribution in [3.05, 3.63) is 36.4 Å². The fourth-order valence-corrected chi connectivity index (χ4v) is 2.77. The van der Waals surface area contributed by atoms with Gasteiger partial charge in [-0.25, -0.2) is 4.98 Å². The summed E-state index contributed by atoms with van der Waals surface area (Å²) in [5.74, 6) is 1.41. The van der Waals surface area contributed by atoms with Crippen LogP contribution >= 0.6 is 12.2 Å². The number of imidazole rings is 1. The minimum Gasteiger partial charge on any atom is -0.493 e.